The molecule has 1 heterocycles. The number of ether oxygens (including phenoxy) is 2. The van der Waals surface area contributed by atoms with Crippen LogP contribution in [0.5, 0.6) is 5.75 Å². The highest BCUT2D eigenvalue weighted by atomic mass is 19.4. The first-order chi connectivity index (χ1) is 14.4. The zero-order chi connectivity index (χ0) is 23.0. The Labute approximate surface area is 170 Å². The van der Waals surface area contributed by atoms with E-state index in [2.05, 4.69) is 0 Å². The highest BCUT2D eigenvalue weighted by Crippen LogP contribution is 2.39. The van der Waals surface area contributed by atoms with Gasteiger partial charge in [0, 0.05) is 11.8 Å². The van der Waals surface area contributed by atoms with Crippen molar-refractivity contribution in [3.63, 3.8) is 0 Å². The van der Waals surface area contributed by atoms with Crippen molar-refractivity contribution in [1.29, 1.82) is 5.26 Å². The third-order valence-corrected chi connectivity index (χ3v) is 4.37. The minimum atomic E-state index is -4.96. The number of hydrogen-bond donors (Lipinski definition) is 0. The van der Waals surface area contributed by atoms with Crippen molar-refractivity contribution in [3.05, 3.63) is 59.2 Å². The maximum absolute atomic E-state index is 13.4. The molecular formula is C19H12F8N2O2. The van der Waals surface area contributed by atoms with Crippen LogP contribution in [-0.4, -0.2) is 31.7 Å². The molecule has 0 amide bonds. The molecule has 1 aliphatic rings. The van der Waals surface area contributed by atoms with Crippen LogP contribution in [0.2, 0.25) is 0 Å². The SMILES string of the molecule is N#Cc1ccc(N2C[C@@H](COc3ccc(F)c(F)c3)O[C@@H]2C(F)(F)F)cc1C(F)(F)F. The zero-order valence-corrected chi connectivity index (χ0v) is 15.3. The van der Waals surface area contributed by atoms with E-state index in [9.17, 15) is 35.1 Å². The highest BCUT2D eigenvalue weighted by molar-refractivity contribution is 5.56. The average molecular weight is 452 g/mol. The molecule has 1 fully saturated rings. The Morgan fingerprint density at radius 2 is 1.74 bits per heavy atom. The molecule has 0 spiro atoms. The fourth-order valence-electron chi connectivity index (χ4n) is 3.00. The van der Waals surface area contributed by atoms with Crippen LogP contribution in [0.3, 0.4) is 0 Å². The third kappa shape index (κ3) is 4.99. The smallest absolute Gasteiger partial charge is 0.433 e. The molecular weight excluding hydrogens is 440 g/mol. The third-order valence-electron chi connectivity index (χ3n) is 4.37. The van der Waals surface area contributed by atoms with E-state index in [4.69, 9.17) is 14.7 Å². The van der Waals surface area contributed by atoms with Gasteiger partial charge >= 0.3 is 12.4 Å². The summed E-state index contributed by atoms with van der Waals surface area (Å²) in [5.41, 5.74) is -2.57. The Kier molecular flexibility index (Phi) is 6.00. The lowest BCUT2D eigenvalue weighted by molar-refractivity contribution is -0.215. The molecule has 166 valence electrons. The van der Waals surface area contributed by atoms with E-state index in [1.54, 1.807) is 0 Å². The van der Waals surface area contributed by atoms with Gasteiger partial charge in [-0.05, 0) is 30.3 Å². The molecule has 2 aromatic rings. The van der Waals surface area contributed by atoms with Crippen LogP contribution in [-0.2, 0) is 10.9 Å². The van der Waals surface area contributed by atoms with Crippen LogP contribution < -0.4 is 9.64 Å². The standard InChI is InChI=1S/C19H12F8N2O2/c20-15-4-3-12(6-16(15)21)30-9-13-8-29(17(31-13)19(25,26)27)11-2-1-10(7-28)14(5-11)18(22,23)24/h1-6,13,17H,8-9H2/t13-,17+/m0/s1. The van der Waals surface area contributed by atoms with Crippen LogP contribution in [0.25, 0.3) is 0 Å². The first-order valence-corrected chi connectivity index (χ1v) is 8.58. The molecule has 1 aliphatic heterocycles. The minimum absolute atomic E-state index is 0.165. The molecule has 2 aromatic carbocycles. The Bertz CT molecular complexity index is 1000. The van der Waals surface area contributed by atoms with Gasteiger partial charge in [-0.3, -0.25) is 0 Å². The summed E-state index contributed by atoms with van der Waals surface area (Å²) in [6.45, 7) is -1.01. The van der Waals surface area contributed by atoms with Crippen molar-refractivity contribution in [2.75, 3.05) is 18.1 Å². The van der Waals surface area contributed by atoms with Gasteiger partial charge in [-0.1, -0.05) is 0 Å². The lowest BCUT2D eigenvalue weighted by Crippen LogP contribution is -2.42. The van der Waals surface area contributed by atoms with Gasteiger partial charge in [0.15, 0.2) is 11.6 Å². The molecule has 0 aromatic heterocycles. The van der Waals surface area contributed by atoms with Gasteiger partial charge in [0.05, 0.1) is 23.7 Å². The van der Waals surface area contributed by atoms with Gasteiger partial charge in [0.25, 0.3) is 0 Å². The second-order valence-electron chi connectivity index (χ2n) is 6.53. The van der Waals surface area contributed by atoms with E-state index < -0.39 is 66.3 Å². The molecule has 12 heteroatoms. The zero-order valence-electron chi connectivity index (χ0n) is 15.3. The predicted molar refractivity (Wildman–Crippen MR) is 90.1 cm³/mol. The molecule has 0 bridgehead atoms. The molecule has 0 saturated carbocycles. The van der Waals surface area contributed by atoms with Crippen LogP contribution >= 0.6 is 0 Å². The van der Waals surface area contributed by atoms with Crippen molar-refractivity contribution >= 4 is 5.69 Å². The summed E-state index contributed by atoms with van der Waals surface area (Å²) in [5, 5.41) is 8.84. The number of halogens is 8. The monoisotopic (exact) mass is 452 g/mol. The van der Waals surface area contributed by atoms with Gasteiger partial charge in [-0.2, -0.15) is 31.6 Å². The van der Waals surface area contributed by atoms with Gasteiger partial charge in [0.1, 0.15) is 18.5 Å². The maximum Gasteiger partial charge on any atom is 0.433 e. The minimum Gasteiger partial charge on any atom is -0.491 e. The normalized spacial score (nSPS) is 19.4. The Hall–Kier alpha value is -3.07. The van der Waals surface area contributed by atoms with Crippen LogP contribution in [0.4, 0.5) is 40.8 Å². The van der Waals surface area contributed by atoms with Crippen LogP contribution in [0, 0.1) is 23.0 Å². The molecule has 2 atom stereocenters. The topological polar surface area (TPSA) is 45.5 Å². The molecule has 3 rings (SSSR count). The fraction of sp³-hybridized carbons (Fsp3) is 0.316. The number of anilines is 1. The first-order valence-electron chi connectivity index (χ1n) is 8.58. The van der Waals surface area contributed by atoms with E-state index in [1.807, 2.05) is 0 Å². The van der Waals surface area contributed by atoms with Crippen LogP contribution in [0.15, 0.2) is 36.4 Å². The Morgan fingerprint density at radius 1 is 1.03 bits per heavy atom. The summed E-state index contributed by atoms with van der Waals surface area (Å²) in [4.78, 5) is 0.565. The Balaban J connectivity index is 1.84. The number of hydrogen-bond acceptors (Lipinski definition) is 4. The van der Waals surface area contributed by atoms with Crippen molar-refractivity contribution < 1.29 is 44.6 Å². The fourth-order valence-corrected chi connectivity index (χ4v) is 3.00. The largest absolute Gasteiger partial charge is 0.491 e. The summed E-state index contributed by atoms with van der Waals surface area (Å²) >= 11 is 0. The molecule has 31 heavy (non-hydrogen) atoms. The Morgan fingerprint density at radius 3 is 2.32 bits per heavy atom. The van der Waals surface area contributed by atoms with E-state index in [0.717, 1.165) is 24.3 Å². The summed E-state index contributed by atoms with van der Waals surface area (Å²) in [5.74, 6) is -2.53. The molecule has 1 saturated heterocycles. The number of rotatable bonds is 4. The maximum atomic E-state index is 13.4. The predicted octanol–water partition coefficient (Wildman–Crippen LogP) is 5.03. The second kappa shape index (κ2) is 8.22. The van der Waals surface area contributed by atoms with Gasteiger partial charge < -0.3 is 14.4 Å². The molecule has 4 nitrogen and oxygen atoms in total. The summed E-state index contributed by atoms with van der Waals surface area (Å²) in [7, 11) is 0. The average Bonchev–Trinajstić information content (AvgIpc) is 3.12. The number of alkyl halides is 6. The number of benzene rings is 2. The molecule has 0 aliphatic carbocycles. The van der Waals surface area contributed by atoms with Crippen molar-refractivity contribution in [2.24, 2.45) is 0 Å². The summed E-state index contributed by atoms with van der Waals surface area (Å²) < 4.78 is 116. The van der Waals surface area contributed by atoms with Crippen molar-refractivity contribution in [3.8, 4) is 11.8 Å². The van der Waals surface area contributed by atoms with E-state index in [1.165, 1.54) is 6.07 Å². The van der Waals surface area contributed by atoms with Gasteiger partial charge in [-0.25, -0.2) is 8.78 Å². The molecule has 0 unspecified atom stereocenters. The van der Waals surface area contributed by atoms with Crippen molar-refractivity contribution in [2.45, 2.75) is 24.7 Å². The van der Waals surface area contributed by atoms with Gasteiger partial charge in [-0.15, -0.1) is 0 Å². The van der Waals surface area contributed by atoms with Gasteiger partial charge in [0.2, 0.25) is 6.23 Å². The molecule has 0 N–H and O–H groups in total. The summed E-state index contributed by atoms with van der Waals surface area (Å²) in [6.07, 6.45) is -13.7. The molecule has 0 radical (unpaired) electrons. The second-order valence-corrected chi connectivity index (χ2v) is 6.53. The first kappa shape index (κ1) is 22.6. The van der Waals surface area contributed by atoms with E-state index in [-0.39, 0.29) is 5.75 Å². The lowest BCUT2D eigenvalue weighted by Gasteiger charge is -2.27. The highest BCUT2D eigenvalue weighted by Gasteiger charge is 2.51. The van der Waals surface area contributed by atoms with E-state index in [0.29, 0.717) is 17.0 Å². The lowest BCUT2D eigenvalue weighted by atomic mass is 10.1. The van der Waals surface area contributed by atoms with Crippen LogP contribution in [0.1, 0.15) is 11.1 Å². The number of nitrogens with zero attached hydrogens (tertiary/aromatic N) is 2. The summed E-state index contributed by atoms with van der Waals surface area (Å²) in [6, 6.07) is 6.04. The quantitative estimate of drug-likeness (QED) is 0.611. The van der Waals surface area contributed by atoms with E-state index >= 15 is 0 Å². The number of nitriles is 1. The van der Waals surface area contributed by atoms with Crippen molar-refractivity contribution in [1.82, 2.24) is 0 Å².